The van der Waals surface area contributed by atoms with E-state index in [0.29, 0.717) is 0 Å². The van der Waals surface area contributed by atoms with Crippen molar-refractivity contribution < 1.29 is 5.11 Å². The topological polar surface area (TPSA) is 20.2 Å². The summed E-state index contributed by atoms with van der Waals surface area (Å²) >= 11 is 5.78. The van der Waals surface area contributed by atoms with Crippen molar-refractivity contribution in [1.29, 1.82) is 0 Å². The lowest BCUT2D eigenvalue weighted by molar-refractivity contribution is 0.118. The van der Waals surface area contributed by atoms with Gasteiger partial charge in [0.25, 0.3) is 0 Å². The maximum absolute atomic E-state index is 9.90. The normalized spacial score (nSPS) is 19.0. The molecule has 0 bridgehead atoms. The Kier molecular flexibility index (Phi) is 3.09. The third-order valence-corrected chi connectivity index (χ3v) is 3.29. The minimum atomic E-state index is -0.308. The van der Waals surface area contributed by atoms with E-state index in [1.807, 2.05) is 24.3 Å². The van der Waals surface area contributed by atoms with E-state index < -0.39 is 0 Å². The van der Waals surface area contributed by atoms with E-state index in [4.69, 9.17) is 11.6 Å². The zero-order valence-electron chi connectivity index (χ0n) is 8.12. The minimum Gasteiger partial charge on any atom is -0.388 e. The molecule has 1 aromatic carbocycles. The maximum Gasteiger partial charge on any atom is 0.0792 e. The highest BCUT2D eigenvalue weighted by Crippen LogP contribution is 2.34. The highest BCUT2D eigenvalue weighted by molar-refractivity contribution is 6.30. The first-order chi connectivity index (χ1) is 6.75. The monoisotopic (exact) mass is 210 g/mol. The van der Waals surface area contributed by atoms with Crippen molar-refractivity contribution in [3.8, 4) is 0 Å². The third kappa shape index (κ3) is 2.28. The van der Waals surface area contributed by atoms with Crippen LogP contribution in [0.15, 0.2) is 24.3 Å². The van der Waals surface area contributed by atoms with Crippen molar-refractivity contribution in [2.45, 2.75) is 31.8 Å². The van der Waals surface area contributed by atoms with Gasteiger partial charge in [0.05, 0.1) is 6.10 Å². The number of rotatable bonds is 3. The van der Waals surface area contributed by atoms with Gasteiger partial charge >= 0.3 is 0 Å². The van der Waals surface area contributed by atoms with Gasteiger partial charge in [0, 0.05) is 5.02 Å². The van der Waals surface area contributed by atoms with E-state index in [9.17, 15) is 5.11 Å². The molecule has 0 aromatic heterocycles. The Balaban J connectivity index is 1.95. The van der Waals surface area contributed by atoms with E-state index in [1.54, 1.807) is 0 Å². The molecule has 1 N–H and O–H groups in total. The van der Waals surface area contributed by atoms with Crippen molar-refractivity contribution in [2.75, 3.05) is 0 Å². The Bertz CT molecular complexity index is 290. The lowest BCUT2D eigenvalue weighted by Gasteiger charge is -2.27. The van der Waals surface area contributed by atoms with E-state index in [1.165, 1.54) is 19.3 Å². The third-order valence-electron chi connectivity index (χ3n) is 3.04. The smallest absolute Gasteiger partial charge is 0.0792 e. The average molecular weight is 211 g/mol. The SMILES string of the molecule is OC(CC1CCC1)c1ccc(Cl)cc1. The summed E-state index contributed by atoms with van der Waals surface area (Å²) in [7, 11) is 0. The van der Waals surface area contributed by atoms with Crippen molar-refractivity contribution in [3.63, 3.8) is 0 Å². The summed E-state index contributed by atoms with van der Waals surface area (Å²) in [6.07, 6.45) is 4.49. The molecule has 2 rings (SSSR count). The maximum atomic E-state index is 9.90. The van der Waals surface area contributed by atoms with Gasteiger partial charge in [-0.3, -0.25) is 0 Å². The molecule has 1 unspecified atom stereocenters. The second-order valence-corrected chi connectivity index (χ2v) is 4.54. The summed E-state index contributed by atoms with van der Waals surface area (Å²) in [5.74, 6) is 0.737. The Morgan fingerprint density at radius 2 is 1.93 bits per heavy atom. The molecule has 0 radical (unpaired) electrons. The molecule has 0 heterocycles. The molecule has 0 spiro atoms. The van der Waals surface area contributed by atoms with Gasteiger partial charge in [0.1, 0.15) is 0 Å². The molecule has 1 fully saturated rings. The second-order valence-electron chi connectivity index (χ2n) is 4.10. The molecule has 1 aliphatic carbocycles. The van der Waals surface area contributed by atoms with Gasteiger partial charge in [-0.1, -0.05) is 43.0 Å². The highest BCUT2D eigenvalue weighted by atomic mass is 35.5. The van der Waals surface area contributed by atoms with Gasteiger partial charge in [0.15, 0.2) is 0 Å². The highest BCUT2D eigenvalue weighted by Gasteiger charge is 2.21. The number of aliphatic hydroxyl groups is 1. The molecule has 1 atom stereocenters. The Labute approximate surface area is 89.7 Å². The molecule has 14 heavy (non-hydrogen) atoms. The minimum absolute atomic E-state index is 0.308. The summed E-state index contributed by atoms with van der Waals surface area (Å²) in [5.41, 5.74) is 0.987. The van der Waals surface area contributed by atoms with Crippen LogP contribution < -0.4 is 0 Å². The molecular weight excluding hydrogens is 196 g/mol. The zero-order chi connectivity index (χ0) is 9.97. The molecule has 1 saturated carbocycles. The fourth-order valence-corrected chi connectivity index (χ4v) is 1.99. The first kappa shape index (κ1) is 10.0. The van der Waals surface area contributed by atoms with Crippen molar-refractivity contribution >= 4 is 11.6 Å². The number of hydrogen-bond acceptors (Lipinski definition) is 1. The van der Waals surface area contributed by atoms with E-state index >= 15 is 0 Å². The van der Waals surface area contributed by atoms with Crippen LogP contribution in [0.1, 0.15) is 37.4 Å². The predicted octanol–water partition coefficient (Wildman–Crippen LogP) is 3.56. The fourth-order valence-electron chi connectivity index (χ4n) is 1.87. The molecular formula is C12H15ClO. The van der Waals surface area contributed by atoms with Crippen LogP contribution in [0.3, 0.4) is 0 Å². The largest absolute Gasteiger partial charge is 0.388 e. The van der Waals surface area contributed by atoms with Crippen LogP contribution in [-0.2, 0) is 0 Å². The van der Waals surface area contributed by atoms with Gasteiger partial charge in [-0.15, -0.1) is 0 Å². The molecule has 1 aromatic rings. The van der Waals surface area contributed by atoms with Crippen molar-refractivity contribution in [1.82, 2.24) is 0 Å². The summed E-state index contributed by atoms with van der Waals surface area (Å²) in [5, 5.41) is 10.6. The van der Waals surface area contributed by atoms with E-state index in [-0.39, 0.29) is 6.10 Å². The molecule has 1 aliphatic rings. The Morgan fingerprint density at radius 1 is 1.29 bits per heavy atom. The lowest BCUT2D eigenvalue weighted by atomic mass is 9.80. The first-order valence-electron chi connectivity index (χ1n) is 5.19. The molecule has 76 valence electrons. The molecule has 0 saturated heterocycles. The molecule has 1 nitrogen and oxygen atoms in total. The van der Waals surface area contributed by atoms with Crippen LogP contribution in [0.5, 0.6) is 0 Å². The fraction of sp³-hybridized carbons (Fsp3) is 0.500. The van der Waals surface area contributed by atoms with Gasteiger partial charge < -0.3 is 5.11 Å². The van der Waals surface area contributed by atoms with Crippen molar-refractivity contribution in [3.05, 3.63) is 34.9 Å². The van der Waals surface area contributed by atoms with Gasteiger partial charge in [-0.05, 0) is 30.0 Å². The van der Waals surface area contributed by atoms with Crippen molar-refractivity contribution in [2.24, 2.45) is 5.92 Å². The Morgan fingerprint density at radius 3 is 2.43 bits per heavy atom. The van der Waals surface area contributed by atoms with E-state index in [0.717, 1.165) is 22.9 Å². The van der Waals surface area contributed by atoms with Crippen LogP contribution >= 0.6 is 11.6 Å². The molecule has 0 aliphatic heterocycles. The van der Waals surface area contributed by atoms with Crippen LogP contribution in [0, 0.1) is 5.92 Å². The lowest BCUT2D eigenvalue weighted by Crippen LogP contribution is -2.14. The number of benzene rings is 1. The summed E-state index contributed by atoms with van der Waals surface area (Å²) < 4.78 is 0. The van der Waals surface area contributed by atoms with E-state index in [2.05, 4.69) is 0 Å². The van der Waals surface area contributed by atoms with Gasteiger partial charge in [0.2, 0.25) is 0 Å². The number of aliphatic hydroxyl groups excluding tert-OH is 1. The quantitative estimate of drug-likeness (QED) is 0.809. The zero-order valence-corrected chi connectivity index (χ0v) is 8.87. The predicted molar refractivity (Wildman–Crippen MR) is 58.4 cm³/mol. The van der Waals surface area contributed by atoms with Crippen LogP contribution in [0.25, 0.3) is 0 Å². The number of hydrogen-bond donors (Lipinski definition) is 1. The van der Waals surface area contributed by atoms with Crippen LogP contribution in [0.4, 0.5) is 0 Å². The summed E-state index contributed by atoms with van der Waals surface area (Å²) in [4.78, 5) is 0. The standard InChI is InChI=1S/C12H15ClO/c13-11-6-4-10(5-7-11)12(14)8-9-2-1-3-9/h4-7,9,12,14H,1-3,8H2. The second kappa shape index (κ2) is 4.33. The van der Waals surface area contributed by atoms with Gasteiger partial charge in [-0.2, -0.15) is 0 Å². The Hall–Kier alpha value is -0.530. The number of halogens is 1. The van der Waals surface area contributed by atoms with Crippen LogP contribution in [0.2, 0.25) is 5.02 Å². The molecule has 2 heteroatoms. The average Bonchev–Trinajstić information content (AvgIpc) is 2.12. The first-order valence-corrected chi connectivity index (χ1v) is 5.57. The van der Waals surface area contributed by atoms with Gasteiger partial charge in [-0.25, -0.2) is 0 Å². The van der Waals surface area contributed by atoms with Crippen LogP contribution in [-0.4, -0.2) is 5.11 Å². The summed E-state index contributed by atoms with van der Waals surface area (Å²) in [6.45, 7) is 0. The molecule has 0 amide bonds. The summed E-state index contributed by atoms with van der Waals surface area (Å²) in [6, 6.07) is 7.49.